The minimum Gasteiger partial charge on any atom is -0.316 e. The molecule has 0 spiro atoms. The third kappa shape index (κ3) is 1.89. The van der Waals surface area contributed by atoms with E-state index in [-0.39, 0.29) is 0 Å². The van der Waals surface area contributed by atoms with Gasteiger partial charge in [0, 0.05) is 11.6 Å². The summed E-state index contributed by atoms with van der Waals surface area (Å²) < 4.78 is 0. The fraction of sp³-hybridized carbons (Fsp3) is 0.167. The highest BCUT2D eigenvalue weighted by Gasteiger charge is 1.96. The number of hydrogen-bond acceptors (Lipinski definition) is 1. The van der Waals surface area contributed by atoms with E-state index < -0.39 is 0 Å². The number of hydrogen-bond donors (Lipinski definition) is 1. The minimum atomic E-state index is 0.791. The third-order valence-corrected chi connectivity index (χ3v) is 2.48. The van der Waals surface area contributed by atoms with Gasteiger partial charge in [0.2, 0.25) is 0 Å². The molecular formula is C12H12ClN. The Bertz CT molecular complexity index is 451. The lowest BCUT2D eigenvalue weighted by atomic mass is 10.1. The minimum absolute atomic E-state index is 0.791. The van der Waals surface area contributed by atoms with E-state index in [9.17, 15) is 0 Å². The van der Waals surface area contributed by atoms with Crippen LogP contribution in [0.25, 0.3) is 10.8 Å². The van der Waals surface area contributed by atoms with E-state index in [1.807, 2.05) is 25.2 Å². The van der Waals surface area contributed by atoms with Crippen LogP contribution in [0.15, 0.2) is 36.4 Å². The van der Waals surface area contributed by atoms with Gasteiger partial charge in [-0.15, -0.1) is 0 Å². The van der Waals surface area contributed by atoms with E-state index >= 15 is 0 Å². The molecule has 0 radical (unpaired) electrons. The SMILES string of the molecule is CNCc1ccc2ccc(Cl)cc2c1. The maximum absolute atomic E-state index is 5.93. The average molecular weight is 206 g/mol. The van der Waals surface area contributed by atoms with Crippen molar-refractivity contribution in [1.29, 1.82) is 0 Å². The summed E-state index contributed by atoms with van der Waals surface area (Å²) in [5, 5.41) is 6.35. The molecule has 2 aromatic rings. The molecule has 0 saturated heterocycles. The Labute approximate surface area is 88.7 Å². The number of benzene rings is 2. The van der Waals surface area contributed by atoms with E-state index in [4.69, 9.17) is 11.6 Å². The van der Waals surface area contributed by atoms with Crippen LogP contribution in [0.2, 0.25) is 5.02 Å². The summed E-state index contributed by atoms with van der Waals surface area (Å²) in [6, 6.07) is 12.4. The quantitative estimate of drug-likeness (QED) is 0.794. The maximum Gasteiger partial charge on any atom is 0.0412 e. The zero-order chi connectivity index (χ0) is 9.97. The van der Waals surface area contributed by atoms with Crippen LogP contribution in [0.4, 0.5) is 0 Å². The molecule has 0 aliphatic carbocycles. The van der Waals surface area contributed by atoms with Crippen LogP contribution >= 0.6 is 11.6 Å². The maximum atomic E-state index is 5.93. The molecule has 2 heteroatoms. The lowest BCUT2D eigenvalue weighted by molar-refractivity contribution is 0.819. The van der Waals surface area contributed by atoms with Gasteiger partial charge in [-0.3, -0.25) is 0 Å². The zero-order valence-corrected chi connectivity index (χ0v) is 8.81. The fourth-order valence-electron chi connectivity index (χ4n) is 1.58. The van der Waals surface area contributed by atoms with E-state index in [2.05, 4.69) is 23.5 Å². The molecule has 0 amide bonds. The van der Waals surface area contributed by atoms with Crippen LogP contribution in [0.1, 0.15) is 5.56 Å². The lowest BCUT2D eigenvalue weighted by Crippen LogP contribution is -2.04. The fourth-order valence-corrected chi connectivity index (χ4v) is 1.76. The average Bonchev–Trinajstić information content (AvgIpc) is 2.17. The van der Waals surface area contributed by atoms with E-state index in [0.717, 1.165) is 11.6 Å². The van der Waals surface area contributed by atoms with Crippen LogP contribution < -0.4 is 5.32 Å². The van der Waals surface area contributed by atoms with Crippen LogP contribution in [0.5, 0.6) is 0 Å². The van der Waals surface area contributed by atoms with Crippen molar-refractivity contribution < 1.29 is 0 Å². The van der Waals surface area contributed by atoms with Crippen LogP contribution in [-0.2, 0) is 6.54 Å². The molecule has 2 rings (SSSR count). The molecular weight excluding hydrogens is 194 g/mol. The molecule has 0 aromatic heterocycles. The zero-order valence-electron chi connectivity index (χ0n) is 8.05. The van der Waals surface area contributed by atoms with Crippen molar-refractivity contribution >= 4 is 22.4 Å². The number of nitrogens with one attached hydrogen (secondary N) is 1. The highest BCUT2D eigenvalue weighted by Crippen LogP contribution is 2.20. The Morgan fingerprint density at radius 3 is 2.64 bits per heavy atom. The summed E-state index contributed by atoms with van der Waals surface area (Å²) in [4.78, 5) is 0. The second kappa shape index (κ2) is 3.99. The van der Waals surface area contributed by atoms with Crippen molar-refractivity contribution in [3.8, 4) is 0 Å². The topological polar surface area (TPSA) is 12.0 Å². The lowest BCUT2D eigenvalue weighted by Gasteiger charge is -2.03. The van der Waals surface area contributed by atoms with Crippen molar-refractivity contribution in [2.45, 2.75) is 6.54 Å². The van der Waals surface area contributed by atoms with Gasteiger partial charge < -0.3 is 5.32 Å². The van der Waals surface area contributed by atoms with Gasteiger partial charge in [0.25, 0.3) is 0 Å². The predicted molar refractivity (Wildman–Crippen MR) is 61.7 cm³/mol. The summed E-state index contributed by atoms with van der Waals surface area (Å²) in [5.74, 6) is 0. The van der Waals surface area contributed by atoms with Crippen molar-refractivity contribution in [2.24, 2.45) is 0 Å². The number of halogens is 1. The van der Waals surface area contributed by atoms with E-state index in [0.29, 0.717) is 0 Å². The van der Waals surface area contributed by atoms with Crippen molar-refractivity contribution in [3.05, 3.63) is 47.0 Å². The normalized spacial score (nSPS) is 10.7. The van der Waals surface area contributed by atoms with Crippen LogP contribution in [-0.4, -0.2) is 7.05 Å². The van der Waals surface area contributed by atoms with Gasteiger partial charge in [-0.1, -0.05) is 29.8 Å². The largest absolute Gasteiger partial charge is 0.316 e. The Kier molecular flexibility index (Phi) is 2.71. The van der Waals surface area contributed by atoms with Crippen molar-refractivity contribution in [1.82, 2.24) is 5.32 Å². The summed E-state index contributed by atoms with van der Waals surface area (Å²) in [6.45, 7) is 0.891. The first kappa shape index (κ1) is 9.50. The second-order valence-corrected chi connectivity index (χ2v) is 3.79. The molecule has 14 heavy (non-hydrogen) atoms. The van der Waals surface area contributed by atoms with E-state index in [1.165, 1.54) is 16.3 Å². The van der Waals surface area contributed by atoms with E-state index in [1.54, 1.807) is 0 Å². The Balaban J connectivity index is 2.52. The molecule has 0 atom stereocenters. The summed E-state index contributed by atoms with van der Waals surface area (Å²) in [6.07, 6.45) is 0. The van der Waals surface area contributed by atoms with Gasteiger partial charge in [-0.25, -0.2) is 0 Å². The molecule has 0 aliphatic rings. The van der Waals surface area contributed by atoms with Gasteiger partial charge in [-0.2, -0.15) is 0 Å². The second-order valence-electron chi connectivity index (χ2n) is 3.36. The Morgan fingerprint density at radius 1 is 1.07 bits per heavy atom. The van der Waals surface area contributed by atoms with Crippen LogP contribution in [0.3, 0.4) is 0 Å². The number of fused-ring (bicyclic) bond motifs is 1. The molecule has 0 aliphatic heterocycles. The summed E-state index contributed by atoms with van der Waals surface area (Å²) in [7, 11) is 1.95. The standard InChI is InChI=1S/C12H12ClN/c1-14-8-9-2-3-10-4-5-12(13)7-11(10)6-9/h2-7,14H,8H2,1H3. The highest BCUT2D eigenvalue weighted by atomic mass is 35.5. The van der Waals surface area contributed by atoms with Crippen molar-refractivity contribution in [2.75, 3.05) is 7.05 Å². The van der Waals surface area contributed by atoms with Gasteiger partial charge in [-0.05, 0) is 41.6 Å². The molecule has 0 heterocycles. The van der Waals surface area contributed by atoms with Gasteiger partial charge in [0.05, 0.1) is 0 Å². The molecule has 0 unspecified atom stereocenters. The first-order valence-electron chi connectivity index (χ1n) is 4.62. The Hall–Kier alpha value is -1.05. The van der Waals surface area contributed by atoms with Gasteiger partial charge >= 0.3 is 0 Å². The monoisotopic (exact) mass is 205 g/mol. The summed E-state index contributed by atoms with van der Waals surface area (Å²) >= 11 is 5.93. The van der Waals surface area contributed by atoms with Crippen molar-refractivity contribution in [3.63, 3.8) is 0 Å². The first-order valence-corrected chi connectivity index (χ1v) is 5.00. The molecule has 0 fully saturated rings. The molecule has 0 bridgehead atoms. The molecule has 2 aromatic carbocycles. The molecule has 72 valence electrons. The molecule has 1 nitrogen and oxygen atoms in total. The summed E-state index contributed by atoms with van der Waals surface area (Å²) in [5.41, 5.74) is 1.28. The third-order valence-electron chi connectivity index (χ3n) is 2.25. The van der Waals surface area contributed by atoms with Gasteiger partial charge in [0.1, 0.15) is 0 Å². The smallest absolute Gasteiger partial charge is 0.0412 e. The first-order chi connectivity index (χ1) is 6.79. The molecule has 0 saturated carbocycles. The highest BCUT2D eigenvalue weighted by molar-refractivity contribution is 6.31. The Morgan fingerprint density at radius 2 is 1.86 bits per heavy atom. The molecule has 1 N–H and O–H groups in total. The number of rotatable bonds is 2. The van der Waals surface area contributed by atoms with Crippen LogP contribution in [0, 0.1) is 0 Å². The predicted octanol–water partition coefficient (Wildman–Crippen LogP) is 3.21. The van der Waals surface area contributed by atoms with Gasteiger partial charge in [0.15, 0.2) is 0 Å².